The van der Waals surface area contributed by atoms with E-state index in [1.807, 2.05) is 12.1 Å². The van der Waals surface area contributed by atoms with Gasteiger partial charge in [-0.2, -0.15) is 0 Å². The second-order valence-corrected chi connectivity index (χ2v) is 3.65. The van der Waals surface area contributed by atoms with E-state index >= 15 is 0 Å². The first-order valence-corrected chi connectivity index (χ1v) is 5.00. The molecule has 2 N–H and O–H groups in total. The van der Waals surface area contributed by atoms with Crippen LogP contribution in [-0.4, -0.2) is 35.4 Å². The Hall–Kier alpha value is -1.13. The summed E-state index contributed by atoms with van der Waals surface area (Å²) < 4.78 is 0. The molecular weight excluding hydrogens is 226 g/mol. The van der Waals surface area contributed by atoms with Gasteiger partial charge in [0.25, 0.3) is 0 Å². The number of amides is 1. The maximum Gasteiger partial charge on any atom is 0.238 e. The van der Waals surface area contributed by atoms with Crippen molar-refractivity contribution >= 4 is 18.3 Å². The van der Waals surface area contributed by atoms with Crippen molar-refractivity contribution in [2.75, 3.05) is 13.6 Å². The quantitative estimate of drug-likeness (QED) is 0.853. The van der Waals surface area contributed by atoms with Gasteiger partial charge in [-0.25, -0.2) is 0 Å². The van der Waals surface area contributed by atoms with E-state index in [1.54, 1.807) is 31.3 Å². The molecule has 1 unspecified atom stereocenters. The molecule has 0 spiro atoms. The van der Waals surface area contributed by atoms with E-state index < -0.39 is 6.04 Å². The molecule has 1 aromatic heterocycles. The van der Waals surface area contributed by atoms with Crippen LogP contribution in [0.1, 0.15) is 12.5 Å². The van der Waals surface area contributed by atoms with Crippen LogP contribution in [0.4, 0.5) is 0 Å². The molecule has 1 atom stereocenters. The topological polar surface area (TPSA) is 59.2 Å². The summed E-state index contributed by atoms with van der Waals surface area (Å²) in [6, 6.07) is 3.47. The number of hydrogen-bond acceptors (Lipinski definition) is 3. The number of aromatic nitrogens is 1. The Morgan fingerprint density at radius 1 is 1.50 bits per heavy atom. The maximum absolute atomic E-state index is 11.5. The van der Waals surface area contributed by atoms with E-state index in [0.29, 0.717) is 6.54 Å². The first-order valence-electron chi connectivity index (χ1n) is 5.00. The van der Waals surface area contributed by atoms with Crippen LogP contribution in [0, 0.1) is 0 Å². The molecule has 1 amide bonds. The Morgan fingerprint density at radius 2 is 2.06 bits per heavy atom. The van der Waals surface area contributed by atoms with Gasteiger partial charge >= 0.3 is 0 Å². The van der Waals surface area contributed by atoms with Crippen LogP contribution in [0.15, 0.2) is 24.5 Å². The van der Waals surface area contributed by atoms with Gasteiger partial charge in [0.15, 0.2) is 0 Å². The molecule has 1 aromatic rings. The van der Waals surface area contributed by atoms with Crippen LogP contribution in [0.2, 0.25) is 0 Å². The van der Waals surface area contributed by atoms with Crippen molar-refractivity contribution in [1.29, 1.82) is 0 Å². The Bertz CT molecular complexity index is 316. The fourth-order valence-electron chi connectivity index (χ4n) is 1.30. The van der Waals surface area contributed by atoms with Gasteiger partial charge in [0.1, 0.15) is 0 Å². The molecule has 5 heteroatoms. The summed E-state index contributed by atoms with van der Waals surface area (Å²) in [6.07, 6.45) is 4.34. The van der Waals surface area contributed by atoms with Crippen molar-refractivity contribution in [2.45, 2.75) is 19.4 Å². The number of hydrogen-bond donors (Lipinski definition) is 1. The molecule has 0 bridgehead atoms. The third-order valence-corrected chi connectivity index (χ3v) is 2.25. The van der Waals surface area contributed by atoms with E-state index in [-0.39, 0.29) is 18.3 Å². The highest BCUT2D eigenvalue weighted by atomic mass is 35.5. The molecule has 0 saturated heterocycles. The predicted octanol–water partition coefficient (Wildman–Crippen LogP) is 0.852. The van der Waals surface area contributed by atoms with E-state index in [0.717, 1.165) is 6.42 Å². The minimum Gasteiger partial charge on any atom is -0.344 e. The van der Waals surface area contributed by atoms with Gasteiger partial charge in [0.05, 0.1) is 6.04 Å². The lowest BCUT2D eigenvalue weighted by Crippen LogP contribution is -2.40. The summed E-state index contributed by atoms with van der Waals surface area (Å²) in [5.74, 6) is -0.0240. The summed E-state index contributed by atoms with van der Waals surface area (Å²) in [6.45, 7) is 2.38. The van der Waals surface area contributed by atoms with Crippen LogP contribution in [0.25, 0.3) is 0 Å². The maximum atomic E-state index is 11.5. The summed E-state index contributed by atoms with van der Waals surface area (Å²) in [5.41, 5.74) is 6.68. The number of halogens is 1. The Kier molecular flexibility index (Phi) is 6.69. The van der Waals surface area contributed by atoms with Crippen LogP contribution >= 0.6 is 12.4 Å². The highest BCUT2D eigenvalue weighted by molar-refractivity contribution is 5.85. The molecule has 0 saturated carbocycles. The molecular formula is C11H18ClN3O. The van der Waals surface area contributed by atoms with Gasteiger partial charge in [-0.15, -0.1) is 12.4 Å². The normalized spacial score (nSPS) is 11.4. The van der Waals surface area contributed by atoms with E-state index in [1.165, 1.54) is 5.56 Å². The number of nitrogens with zero attached hydrogens (tertiary/aromatic N) is 2. The number of rotatable bonds is 4. The highest BCUT2D eigenvalue weighted by Crippen LogP contribution is 1.99. The minimum absolute atomic E-state index is 0. The largest absolute Gasteiger partial charge is 0.344 e. The number of nitrogens with two attached hydrogens (primary N) is 1. The van der Waals surface area contributed by atoms with Crippen LogP contribution in [-0.2, 0) is 11.2 Å². The predicted molar refractivity (Wildman–Crippen MR) is 66.5 cm³/mol. The van der Waals surface area contributed by atoms with Crippen molar-refractivity contribution in [2.24, 2.45) is 5.73 Å². The Labute approximate surface area is 102 Å². The highest BCUT2D eigenvalue weighted by Gasteiger charge is 2.12. The van der Waals surface area contributed by atoms with Crippen molar-refractivity contribution in [3.05, 3.63) is 30.1 Å². The van der Waals surface area contributed by atoms with Crippen molar-refractivity contribution < 1.29 is 4.79 Å². The molecule has 4 nitrogen and oxygen atoms in total. The Balaban J connectivity index is 0.00000225. The number of carbonyl (C=O) groups is 1. The smallest absolute Gasteiger partial charge is 0.238 e. The molecule has 16 heavy (non-hydrogen) atoms. The average Bonchev–Trinajstić information content (AvgIpc) is 2.26. The average molecular weight is 244 g/mol. The molecule has 1 rings (SSSR count). The standard InChI is InChI=1S/C11H17N3O.ClH/c1-9(12)11(15)14(2)8-5-10-3-6-13-7-4-10;/h3-4,6-7,9H,5,8,12H2,1-2H3;1H. The zero-order valence-electron chi connectivity index (χ0n) is 9.59. The minimum atomic E-state index is -0.424. The second kappa shape index (κ2) is 7.19. The molecule has 0 fully saturated rings. The number of pyridine rings is 1. The monoisotopic (exact) mass is 243 g/mol. The lowest BCUT2D eigenvalue weighted by atomic mass is 10.2. The molecule has 1 heterocycles. The number of carbonyl (C=O) groups excluding carboxylic acids is 1. The first-order chi connectivity index (χ1) is 7.11. The SMILES string of the molecule is CC(N)C(=O)N(C)CCc1ccncc1.Cl. The van der Waals surface area contributed by atoms with Gasteiger partial charge in [-0.05, 0) is 31.0 Å². The van der Waals surface area contributed by atoms with Gasteiger partial charge < -0.3 is 10.6 Å². The van der Waals surface area contributed by atoms with Gasteiger partial charge in [-0.3, -0.25) is 9.78 Å². The van der Waals surface area contributed by atoms with Crippen molar-refractivity contribution in [3.63, 3.8) is 0 Å². The third-order valence-electron chi connectivity index (χ3n) is 2.25. The third kappa shape index (κ3) is 4.59. The van der Waals surface area contributed by atoms with E-state index in [2.05, 4.69) is 4.98 Å². The summed E-state index contributed by atoms with van der Waals surface area (Å²) in [4.78, 5) is 17.0. The zero-order valence-corrected chi connectivity index (χ0v) is 10.4. The molecule has 0 aliphatic rings. The summed E-state index contributed by atoms with van der Waals surface area (Å²) >= 11 is 0. The van der Waals surface area contributed by atoms with Crippen molar-refractivity contribution in [1.82, 2.24) is 9.88 Å². The van der Waals surface area contributed by atoms with E-state index in [9.17, 15) is 4.79 Å². The van der Waals surface area contributed by atoms with Crippen LogP contribution in [0.3, 0.4) is 0 Å². The molecule has 0 aliphatic carbocycles. The Morgan fingerprint density at radius 3 is 2.56 bits per heavy atom. The molecule has 0 aliphatic heterocycles. The lowest BCUT2D eigenvalue weighted by molar-refractivity contribution is -0.130. The van der Waals surface area contributed by atoms with Gasteiger partial charge in [0.2, 0.25) is 5.91 Å². The first kappa shape index (κ1) is 14.9. The molecule has 0 radical (unpaired) electrons. The fourth-order valence-corrected chi connectivity index (χ4v) is 1.30. The lowest BCUT2D eigenvalue weighted by Gasteiger charge is -2.19. The summed E-state index contributed by atoms with van der Waals surface area (Å²) in [5, 5.41) is 0. The summed E-state index contributed by atoms with van der Waals surface area (Å²) in [7, 11) is 1.77. The van der Waals surface area contributed by atoms with Gasteiger partial charge in [0, 0.05) is 26.0 Å². The van der Waals surface area contributed by atoms with Gasteiger partial charge in [-0.1, -0.05) is 0 Å². The number of likely N-dealkylation sites (N-methyl/N-ethyl adjacent to an activating group) is 1. The second-order valence-electron chi connectivity index (χ2n) is 3.65. The van der Waals surface area contributed by atoms with Crippen LogP contribution < -0.4 is 5.73 Å². The van der Waals surface area contributed by atoms with Crippen LogP contribution in [0.5, 0.6) is 0 Å². The molecule has 0 aromatic carbocycles. The fraction of sp³-hybridized carbons (Fsp3) is 0.455. The molecule has 90 valence electrons. The van der Waals surface area contributed by atoms with Crippen molar-refractivity contribution in [3.8, 4) is 0 Å². The zero-order chi connectivity index (χ0) is 11.3. The van der Waals surface area contributed by atoms with E-state index in [4.69, 9.17) is 5.73 Å².